The highest BCUT2D eigenvalue weighted by Crippen LogP contribution is 2.27. The molecule has 1 atom stereocenters. The van der Waals surface area contributed by atoms with Gasteiger partial charge in [-0.15, -0.1) is 0 Å². The predicted octanol–water partition coefficient (Wildman–Crippen LogP) is 0.700. The molecule has 0 spiro atoms. The van der Waals surface area contributed by atoms with Crippen LogP contribution in [0.1, 0.15) is 17.3 Å². The lowest BCUT2D eigenvalue weighted by molar-refractivity contribution is -0.138. The minimum Gasteiger partial charge on any atom is -0.505 e. The van der Waals surface area contributed by atoms with Crippen molar-refractivity contribution in [3.8, 4) is 5.75 Å². The monoisotopic (exact) mass is 329 g/mol. The fourth-order valence-corrected chi connectivity index (χ4v) is 2.65. The van der Waals surface area contributed by atoms with Crippen molar-refractivity contribution >= 4 is 28.3 Å². The van der Waals surface area contributed by atoms with Gasteiger partial charge in [0, 0.05) is 12.4 Å². The van der Waals surface area contributed by atoms with Crippen molar-refractivity contribution in [1.82, 2.24) is 14.5 Å². The van der Waals surface area contributed by atoms with Crippen LogP contribution in [-0.4, -0.2) is 37.3 Å². The van der Waals surface area contributed by atoms with Gasteiger partial charge in [0.1, 0.15) is 17.1 Å². The maximum Gasteiger partial charge on any atom is 0.325 e. The van der Waals surface area contributed by atoms with Gasteiger partial charge in [-0.3, -0.25) is 14.4 Å². The van der Waals surface area contributed by atoms with E-state index in [2.05, 4.69) is 5.32 Å². The van der Waals surface area contributed by atoms with Crippen LogP contribution in [-0.2, 0) is 11.8 Å². The SMILES string of the molecule is C[C@H](NC(=O)c1c(O)c2cc3ccccc3n2n(C)c1=O)C(=O)O. The van der Waals surface area contributed by atoms with Crippen molar-refractivity contribution < 1.29 is 19.8 Å². The van der Waals surface area contributed by atoms with E-state index < -0.39 is 34.8 Å². The zero-order chi connectivity index (χ0) is 17.6. The molecule has 3 aromatic rings. The molecule has 0 aliphatic carbocycles. The third-order valence-corrected chi connectivity index (χ3v) is 3.92. The largest absolute Gasteiger partial charge is 0.505 e. The Hall–Kier alpha value is -3.29. The van der Waals surface area contributed by atoms with E-state index in [1.54, 1.807) is 18.2 Å². The van der Waals surface area contributed by atoms with Crippen LogP contribution >= 0.6 is 0 Å². The molecule has 0 bridgehead atoms. The van der Waals surface area contributed by atoms with Gasteiger partial charge in [0.05, 0.1) is 5.52 Å². The summed E-state index contributed by atoms with van der Waals surface area (Å²) in [4.78, 5) is 35.6. The van der Waals surface area contributed by atoms with E-state index in [0.717, 1.165) is 5.39 Å². The number of benzene rings is 1. The van der Waals surface area contributed by atoms with Crippen LogP contribution in [0.25, 0.3) is 16.4 Å². The molecule has 0 aliphatic heterocycles. The van der Waals surface area contributed by atoms with Crippen molar-refractivity contribution in [3.05, 3.63) is 46.2 Å². The Bertz CT molecular complexity index is 1050. The third kappa shape index (κ3) is 2.19. The molecule has 3 rings (SSSR count). The van der Waals surface area contributed by atoms with Crippen LogP contribution in [0.3, 0.4) is 0 Å². The van der Waals surface area contributed by atoms with Gasteiger partial charge < -0.3 is 15.5 Å². The molecule has 1 aromatic carbocycles. The van der Waals surface area contributed by atoms with Crippen LogP contribution < -0.4 is 10.9 Å². The summed E-state index contributed by atoms with van der Waals surface area (Å²) < 4.78 is 2.71. The van der Waals surface area contributed by atoms with Crippen molar-refractivity contribution in [2.75, 3.05) is 0 Å². The number of amides is 1. The van der Waals surface area contributed by atoms with E-state index in [9.17, 15) is 19.5 Å². The number of para-hydroxylation sites is 1. The lowest BCUT2D eigenvalue weighted by atomic mass is 10.2. The van der Waals surface area contributed by atoms with Crippen molar-refractivity contribution in [2.24, 2.45) is 7.05 Å². The molecule has 0 aliphatic rings. The molecule has 0 radical (unpaired) electrons. The van der Waals surface area contributed by atoms with Crippen LogP contribution in [0.4, 0.5) is 0 Å². The summed E-state index contributed by atoms with van der Waals surface area (Å²) in [5, 5.41) is 22.3. The molecule has 124 valence electrons. The van der Waals surface area contributed by atoms with Gasteiger partial charge in [-0.2, -0.15) is 0 Å². The highest BCUT2D eigenvalue weighted by molar-refractivity contribution is 6.01. The van der Waals surface area contributed by atoms with E-state index in [1.807, 2.05) is 12.1 Å². The number of carboxylic acid groups (broad SMARTS) is 1. The lowest BCUT2D eigenvalue weighted by Gasteiger charge is -2.13. The van der Waals surface area contributed by atoms with Gasteiger partial charge >= 0.3 is 5.97 Å². The summed E-state index contributed by atoms with van der Waals surface area (Å²) in [7, 11) is 1.47. The molecule has 0 saturated carbocycles. The number of fused-ring (bicyclic) bond motifs is 3. The fourth-order valence-electron chi connectivity index (χ4n) is 2.65. The number of hydrogen-bond acceptors (Lipinski definition) is 4. The Kier molecular flexibility index (Phi) is 3.52. The number of aryl methyl sites for hydroxylation is 1. The summed E-state index contributed by atoms with van der Waals surface area (Å²) in [6.45, 7) is 1.27. The Balaban J connectivity index is 2.27. The molecule has 8 nitrogen and oxygen atoms in total. The number of hydrogen-bond donors (Lipinski definition) is 3. The molecule has 1 amide bonds. The summed E-state index contributed by atoms with van der Waals surface area (Å²) in [6.07, 6.45) is 0. The Morgan fingerprint density at radius 1 is 1.21 bits per heavy atom. The molecule has 2 aromatic heterocycles. The standard InChI is InChI=1S/C16H15N3O5/c1-8(16(23)24)17-14(21)12-13(20)11-7-9-5-3-4-6-10(9)19(11)18(2)15(12)22/h3-8,20H,1-2H3,(H,17,21)(H,23,24)/t8-/m0/s1. The van der Waals surface area contributed by atoms with E-state index in [0.29, 0.717) is 5.52 Å². The van der Waals surface area contributed by atoms with Gasteiger partial charge in [-0.1, -0.05) is 18.2 Å². The second kappa shape index (κ2) is 5.41. The number of carbonyl (C=O) groups excluding carboxylic acids is 1. The molecule has 0 saturated heterocycles. The Morgan fingerprint density at radius 3 is 2.54 bits per heavy atom. The molecule has 0 fully saturated rings. The molecule has 24 heavy (non-hydrogen) atoms. The number of aromatic nitrogens is 2. The van der Waals surface area contributed by atoms with Crippen molar-refractivity contribution in [1.29, 1.82) is 0 Å². The molecule has 2 heterocycles. The quantitative estimate of drug-likeness (QED) is 0.655. The van der Waals surface area contributed by atoms with E-state index in [4.69, 9.17) is 5.11 Å². The first-order valence-electron chi connectivity index (χ1n) is 7.19. The van der Waals surface area contributed by atoms with Gasteiger partial charge in [0.15, 0.2) is 5.75 Å². The topological polar surface area (TPSA) is 113 Å². The summed E-state index contributed by atoms with van der Waals surface area (Å²) in [5.41, 5.74) is -0.225. The minimum absolute atomic E-state index is 0.284. The first kappa shape index (κ1) is 15.6. The average Bonchev–Trinajstić information content (AvgIpc) is 2.92. The van der Waals surface area contributed by atoms with Gasteiger partial charge in [-0.25, -0.2) is 9.20 Å². The number of carboxylic acids is 1. The second-order valence-corrected chi connectivity index (χ2v) is 5.49. The van der Waals surface area contributed by atoms with Crippen LogP contribution in [0.15, 0.2) is 35.1 Å². The second-order valence-electron chi connectivity index (χ2n) is 5.49. The summed E-state index contributed by atoms with van der Waals surface area (Å²) >= 11 is 0. The first-order valence-corrected chi connectivity index (χ1v) is 7.19. The van der Waals surface area contributed by atoms with Crippen LogP contribution in [0.5, 0.6) is 5.75 Å². The Labute approximate surface area is 135 Å². The van der Waals surface area contributed by atoms with Crippen LogP contribution in [0.2, 0.25) is 0 Å². The van der Waals surface area contributed by atoms with Gasteiger partial charge in [0.25, 0.3) is 11.5 Å². The number of carbonyl (C=O) groups is 2. The van der Waals surface area contributed by atoms with Crippen LogP contribution in [0, 0.1) is 0 Å². The van der Waals surface area contributed by atoms with Crippen molar-refractivity contribution in [2.45, 2.75) is 13.0 Å². The zero-order valence-corrected chi connectivity index (χ0v) is 13.0. The number of aliphatic carboxylic acids is 1. The molecular weight excluding hydrogens is 314 g/mol. The number of nitrogens with zero attached hydrogens (tertiary/aromatic N) is 2. The third-order valence-electron chi connectivity index (χ3n) is 3.92. The molecule has 8 heteroatoms. The number of nitrogens with one attached hydrogen (secondary N) is 1. The number of aromatic hydroxyl groups is 1. The Morgan fingerprint density at radius 2 is 1.88 bits per heavy atom. The first-order chi connectivity index (χ1) is 11.3. The summed E-state index contributed by atoms with van der Waals surface area (Å²) in [6, 6.07) is 7.68. The lowest BCUT2D eigenvalue weighted by Crippen LogP contribution is -2.41. The average molecular weight is 329 g/mol. The minimum atomic E-state index is -1.24. The van der Waals surface area contributed by atoms with Gasteiger partial charge in [-0.05, 0) is 19.1 Å². The maximum absolute atomic E-state index is 12.5. The predicted molar refractivity (Wildman–Crippen MR) is 86.4 cm³/mol. The molecule has 3 N–H and O–H groups in total. The smallest absolute Gasteiger partial charge is 0.325 e. The zero-order valence-electron chi connectivity index (χ0n) is 13.0. The summed E-state index contributed by atoms with van der Waals surface area (Å²) in [5.74, 6) is -2.66. The molecular formula is C16H15N3O5. The normalized spacial score (nSPS) is 12.4. The van der Waals surface area contributed by atoms with Crippen molar-refractivity contribution in [3.63, 3.8) is 0 Å². The van der Waals surface area contributed by atoms with E-state index >= 15 is 0 Å². The van der Waals surface area contributed by atoms with Gasteiger partial charge in [0.2, 0.25) is 0 Å². The van der Waals surface area contributed by atoms with E-state index in [-0.39, 0.29) is 5.52 Å². The highest BCUT2D eigenvalue weighted by Gasteiger charge is 2.25. The molecule has 0 unspecified atom stereocenters. The highest BCUT2D eigenvalue weighted by atomic mass is 16.4. The maximum atomic E-state index is 12.5. The number of rotatable bonds is 3. The fraction of sp³-hybridized carbons (Fsp3) is 0.188. The van der Waals surface area contributed by atoms with E-state index in [1.165, 1.54) is 23.2 Å².